The molecule has 0 radical (unpaired) electrons. The summed E-state index contributed by atoms with van der Waals surface area (Å²) in [5.41, 5.74) is 4.94. The average Bonchev–Trinajstić information content (AvgIpc) is 2.49. The van der Waals surface area contributed by atoms with Crippen LogP contribution in [0.15, 0.2) is 36.5 Å². The van der Waals surface area contributed by atoms with Gasteiger partial charge in [0.2, 0.25) is 0 Å². The van der Waals surface area contributed by atoms with E-state index in [9.17, 15) is 0 Å². The number of aliphatic hydroxyl groups excluding tert-OH is 2. The van der Waals surface area contributed by atoms with E-state index >= 15 is 0 Å². The Balaban J connectivity index is 0.000000704. The van der Waals surface area contributed by atoms with E-state index in [4.69, 9.17) is 10.2 Å². The van der Waals surface area contributed by atoms with E-state index in [0.29, 0.717) is 5.92 Å². The number of hydrogen-bond donors (Lipinski definition) is 2. The monoisotopic (exact) mass is 335 g/mol. The Kier molecular flexibility index (Phi) is 11.5. The minimum Gasteiger partial charge on any atom is -0.397 e. The molecular weight excluding hydrogens is 305 g/mol. The van der Waals surface area contributed by atoms with Crippen LogP contribution in [-0.4, -0.2) is 28.4 Å². The Morgan fingerprint density at radius 3 is 2.09 bits per heavy atom. The number of aliphatic hydroxyl groups is 2. The van der Waals surface area contributed by atoms with E-state index in [1.54, 1.807) is 13.8 Å². The van der Waals surface area contributed by atoms with Gasteiger partial charge >= 0.3 is 0 Å². The van der Waals surface area contributed by atoms with Gasteiger partial charge in [-0.3, -0.25) is 4.98 Å². The molecule has 0 aliphatic carbocycles. The lowest BCUT2D eigenvalue weighted by Crippen LogP contribution is -2.00. The lowest BCUT2D eigenvalue weighted by Gasteiger charge is -2.14. The van der Waals surface area contributed by atoms with Crippen LogP contribution in [-0.2, 0) is 0 Å². The fraction of sp³-hybridized carbons (Fsp3) is 0.421. The van der Waals surface area contributed by atoms with Gasteiger partial charge in [0.1, 0.15) is 0 Å². The highest BCUT2D eigenvalue weighted by molar-refractivity contribution is 7.27. The molecule has 0 fully saturated rings. The molecule has 2 rings (SSSR count). The number of aromatic nitrogens is 1. The topological polar surface area (TPSA) is 53.4 Å². The number of nitrogens with zero attached hydrogens (tertiary/aromatic N) is 1. The third-order valence-corrected chi connectivity index (χ3v) is 3.25. The van der Waals surface area contributed by atoms with Crippen LogP contribution in [0.1, 0.15) is 44.7 Å². The van der Waals surface area contributed by atoms with Gasteiger partial charge in [0, 0.05) is 25.0 Å². The molecule has 0 saturated heterocycles. The van der Waals surface area contributed by atoms with E-state index in [1.807, 2.05) is 6.20 Å². The van der Waals surface area contributed by atoms with E-state index in [-0.39, 0.29) is 13.2 Å². The first-order valence-electron chi connectivity index (χ1n) is 7.95. The highest BCUT2D eigenvalue weighted by Gasteiger charge is 2.10. The summed E-state index contributed by atoms with van der Waals surface area (Å²) in [6.45, 7) is 10.4. The first-order valence-corrected chi connectivity index (χ1v) is 8.53. The first-order chi connectivity index (χ1) is 10.9. The van der Waals surface area contributed by atoms with Crippen LogP contribution < -0.4 is 5.30 Å². The van der Waals surface area contributed by atoms with Crippen molar-refractivity contribution >= 4 is 14.5 Å². The number of hydrogen-bond acceptors (Lipinski definition) is 3. The molecule has 2 aromatic rings. The summed E-state index contributed by atoms with van der Waals surface area (Å²) in [4.78, 5) is 4.57. The number of pyridine rings is 1. The van der Waals surface area contributed by atoms with E-state index in [1.165, 1.54) is 16.7 Å². The molecule has 3 nitrogen and oxygen atoms in total. The smallest absolute Gasteiger partial charge is 0.0734 e. The molecule has 0 spiro atoms. The Labute approximate surface area is 143 Å². The molecule has 0 saturated carbocycles. The minimum absolute atomic E-state index is 0.250. The van der Waals surface area contributed by atoms with Gasteiger partial charge < -0.3 is 10.2 Å². The first kappa shape index (κ1) is 21.7. The SMILES string of the molecule is CCO.CCO.Cc1cc(P)cnc1-c1ccccc1C(C)C. The molecule has 0 aliphatic heterocycles. The molecule has 23 heavy (non-hydrogen) atoms. The summed E-state index contributed by atoms with van der Waals surface area (Å²) in [6.07, 6.45) is 1.91. The maximum absolute atomic E-state index is 7.57. The second-order valence-electron chi connectivity index (χ2n) is 5.31. The molecule has 1 heterocycles. The Morgan fingerprint density at radius 2 is 1.61 bits per heavy atom. The van der Waals surface area contributed by atoms with Gasteiger partial charge in [-0.15, -0.1) is 9.24 Å². The largest absolute Gasteiger partial charge is 0.397 e. The van der Waals surface area contributed by atoms with Crippen molar-refractivity contribution in [2.75, 3.05) is 13.2 Å². The fourth-order valence-corrected chi connectivity index (χ4v) is 2.42. The van der Waals surface area contributed by atoms with Gasteiger partial charge in [0.05, 0.1) is 5.69 Å². The summed E-state index contributed by atoms with van der Waals surface area (Å²) >= 11 is 0. The zero-order valence-corrected chi connectivity index (χ0v) is 16.0. The van der Waals surface area contributed by atoms with Crippen LogP contribution in [0.4, 0.5) is 0 Å². The Hall–Kier alpha value is -1.28. The van der Waals surface area contributed by atoms with Crippen LogP contribution in [0.3, 0.4) is 0 Å². The third-order valence-electron chi connectivity index (χ3n) is 2.94. The second-order valence-corrected chi connectivity index (χ2v) is 5.98. The molecule has 4 heteroatoms. The lowest BCUT2D eigenvalue weighted by atomic mass is 9.93. The molecule has 1 aromatic carbocycles. The maximum atomic E-state index is 7.57. The molecule has 1 unspecified atom stereocenters. The molecule has 128 valence electrons. The van der Waals surface area contributed by atoms with Crippen molar-refractivity contribution in [1.82, 2.24) is 4.98 Å². The summed E-state index contributed by atoms with van der Waals surface area (Å²) in [5.74, 6) is 0.517. The average molecular weight is 335 g/mol. The summed E-state index contributed by atoms with van der Waals surface area (Å²) < 4.78 is 0. The predicted octanol–water partition coefficient (Wildman–Crippen LogP) is 3.68. The number of aryl methyl sites for hydroxylation is 1. The van der Waals surface area contributed by atoms with Crippen LogP contribution >= 0.6 is 9.24 Å². The van der Waals surface area contributed by atoms with Gasteiger partial charge in [-0.25, -0.2) is 0 Å². The maximum Gasteiger partial charge on any atom is 0.0734 e. The van der Waals surface area contributed by atoms with Crippen molar-refractivity contribution in [1.29, 1.82) is 0 Å². The fourth-order valence-electron chi connectivity index (χ4n) is 2.09. The van der Waals surface area contributed by atoms with Gasteiger partial charge in [-0.2, -0.15) is 0 Å². The van der Waals surface area contributed by atoms with Crippen molar-refractivity contribution in [3.8, 4) is 11.3 Å². The summed E-state index contributed by atoms with van der Waals surface area (Å²) in [7, 11) is 2.69. The highest BCUT2D eigenvalue weighted by Crippen LogP contribution is 2.29. The Morgan fingerprint density at radius 1 is 1.09 bits per heavy atom. The zero-order chi connectivity index (χ0) is 17.8. The second kappa shape index (κ2) is 12.2. The zero-order valence-electron chi connectivity index (χ0n) is 14.9. The van der Waals surface area contributed by atoms with E-state index in [2.05, 4.69) is 65.3 Å². The molecule has 2 N–H and O–H groups in total. The molecule has 0 aliphatic rings. The van der Waals surface area contributed by atoms with Crippen molar-refractivity contribution < 1.29 is 10.2 Å². The number of benzene rings is 1. The molecule has 1 atom stereocenters. The summed E-state index contributed by atoms with van der Waals surface area (Å²) in [5, 5.41) is 16.3. The van der Waals surface area contributed by atoms with Crippen LogP contribution in [0.2, 0.25) is 0 Å². The summed E-state index contributed by atoms with van der Waals surface area (Å²) in [6, 6.07) is 10.7. The molecule has 0 amide bonds. The van der Waals surface area contributed by atoms with E-state index in [0.717, 1.165) is 11.0 Å². The van der Waals surface area contributed by atoms with Crippen molar-refractivity contribution in [3.05, 3.63) is 47.7 Å². The Bertz CT molecular complexity index is 569. The number of rotatable bonds is 2. The normalized spacial score (nSPS) is 9.61. The molecule has 1 aromatic heterocycles. The van der Waals surface area contributed by atoms with Gasteiger partial charge in [-0.05, 0) is 49.2 Å². The lowest BCUT2D eigenvalue weighted by molar-refractivity contribution is 0.318. The van der Waals surface area contributed by atoms with Gasteiger partial charge in [-0.1, -0.05) is 38.1 Å². The minimum atomic E-state index is 0.250. The predicted molar refractivity (Wildman–Crippen MR) is 103 cm³/mol. The van der Waals surface area contributed by atoms with Crippen LogP contribution in [0, 0.1) is 6.92 Å². The van der Waals surface area contributed by atoms with E-state index < -0.39 is 0 Å². The van der Waals surface area contributed by atoms with Crippen LogP contribution in [0.25, 0.3) is 11.3 Å². The molecular formula is C19H30NO2P. The van der Waals surface area contributed by atoms with Crippen molar-refractivity contribution in [3.63, 3.8) is 0 Å². The molecule has 0 bridgehead atoms. The standard InChI is InChI=1S/C15H18NP.2C2H6O/c1-10(2)13-6-4-5-7-14(13)15-11(3)8-12(17)9-16-15;2*1-2-3/h4-10H,17H2,1-3H3;2*3H,2H2,1H3. The quantitative estimate of drug-likeness (QED) is 0.823. The van der Waals surface area contributed by atoms with Crippen molar-refractivity contribution in [2.45, 2.75) is 40.5 Å². The van der Waals surface area contributed by atoms with Crippen molar-refractivity contribution in [2.24, 2.45) is 0 Å². The van der Waals surface area contributed by atoms with Gasteiger partial charge in [0.25, 0.3) is 0 Å². The van der Waals surface area contributed by atoms with Gasteiger partial charge in [0.15, 0.2) is 0 Å². The highest BCUT2D eigenvalue weighted by atomic mass is 31.0. The van der Waals surface area contributed by atoms with Crippen LogP contribution in [0.5, 0.6) is 0 Å². The third kappa shape index (κ3) is 7.69.